The Bertz CT molecular complexity index is 293. The number of ether oxygens (including phenoxy) is 1. The predicted octanol–water partition coefficient (Wildman–Crippen LogP) is 2.27. The topological polar surface area (TPSA) is 15.7 Å². The molecule has 0 unspecified atom stereocenters. The fourth-order valence-corrected chi connectivity index (χ4v) is 4.62. The van der Waals surface area contributed by atoms with Gasteiger partial charge >= 0.3 is 0 Å². The monoisotopic (exact) mass is 298 g/mol. The molecule has 116 valence electrons. The van der Waals surface area contributed by atoms with Crippen molar-refractivity contribution in [3.05, 3.63) is 0 Å². The molecule has 0 aromatic rings. The number of hydrogen-bond acceptors (Lipinski definition) is 4. The molecule has 1 saturated carbocycles. The third-order valence-corrected chi connectivity index (χ3v) is 6.37. The number of hydrogen-bond donors (Lipinski definition) is 1. The summed E-state index contributed by atoms with van der Waals surface area (Å²) in [5.74, 6) is 1.01. The zero-order valence-corrected chi connectivity index (χ0v) is 13.6. The number of thiol groups is 1. The summed E-state index contributed by atoms with van der Waals surface area (Å²) in [5, 5.41) is 0. The Morgan fingerprint density at radius 3 is 2.25 bits per heavy atom. The van der Waals surface area contributed by atoms with Crippen molar-refractivity contribution in [3.8, 4) is 0 Å². The van der Waals surface area contributed by atoms with Crippen LogP contribution in [-0.4, -0.2) is 67.5 Å². The smallest absolute Gasteiger partial charge is 0.0472 e. The van der Waals surface area contributed by atoms with Gasteiger partial charge in [0.25, 0.3) is 0 Å². The SMILES string of the molecule is SCC1(CN2CCN(C3CCCC3)CC2)CCOCC1. The van der Waals surface area contributed by atoms with Gasteiger partial charge in [-0.2, -0.15) is 12.6 Å². The lowest BCUT2D eigenvalue weighted by atomic mass is 9.81. The molecule has 20 heavy (non-hydrogen) atoms. The summed E-state index contributed by atoms with van der Waals surface area (Å²) in [5.41, 5.74) is 0.414. The molecule has 3 aliphatic rings. The summed E-state index contributed by atoms with van der Waals surface area (Å²) < 4.78 is 5.54. The molecule has 4 heteroatoms. The summed E-state index contributed by atoms with van der Waals surface area (Å²) in [6, 6.07) is 0.902. The minimum atomic E-state index is 0.414. The van der Waals surface area contributed by atoms with E-state index in [1.54, 1.807) is 0 Å². The van der Waals surface area contributed by atoms with Gasteiger partial charge in [-0.1, -0.05) is 12.8 Å². The van der Waals surface area contributed by atoms with Crippen LogP contribution in [0.3, 0.4) is 0 Å². The van der Waals surface area contributed by atoms with E-state index < -0.39 is 0 Å². The molecule has 2 heterocycles. The summed E-state index contributed by atoms with van der Waals surface area (Å²) in [7, 11) is 0. The third kappa shape index (κ3) is 3.52. The van der Waals surface area contributed by atoms with Gasteiger partial charge in [0.1, 0.15) is 0 Å². The Balaban J connectivity index is 1.47. The average Bonchev–Trinajstić information content (AvgIpc) is 3.03. The Hall–Kier alpha value is 0.230. The molecular weight excluding hydrogens is 268 g/mol. The van der Waals surface area contributed by atoms with Gasteiger partial charge in [0, 0.05) is 52.0 Å². The van der Waals surface area contributed by atoms with Crippen molar-refractivity contribution < 1.29 is 4.74 Å². The van der Waals surface area contributed by atoms with Gasteiger partial charge < -0.3 is 9.64 Å². The fraction of sp³-hybridized carbons (Fsp3) is 1.00. The summed E-state index contributed by atoms with van der Waals surface area (Å²) >= 11 is 4.65. The zero-order valence-electron chi connectivity index (χ0n) is 12.7. The third-order valence-electron chi connectivity index (χ3n) is 5.70. The molecule has 3 nitrogen and oxygen atoms in total. The molecule has 0 bridgehead atoms. The van der Waals surface area contributed by atoms with Crippen LogP contribution in [0, 0.1) is 5.41 Å². The van der Waals surface area contributed by atoms with Crippen molar-refractivity contribution in [1.29, 1.82) is 0 Å². The molecular formula is C16H30N2OS. The summed E-state index contributed by atoms with van der Waals surface area (Å²) in [6.45, 7) is 8.18. The van der Waals surface area contributed by atoms with Crippen LogP contribution in [0.5, 0.6) is 0 Å². The Morgan fingerprint density at radius 2 is 1.65 bits per heavy atom. The standard InChI is InChI=1S/C16H30N2OS/c20-14-16(5-11-19-12-6-16)13-17-7-9-18(10-8-17)15-3-1-2-4-15/h15,20H,1-14H2. The Kier molecular flexibility index (Phi) is 5.29. The van der Waals surface area contributed by atoms with E-state index in [0.717, 1.165) is 25.0 Å². The van der Waals surface area contributed by atoms with Crippen molar-refractivity contribution >= 4 is 12.6 Å². The van der Waals surface area contributed by atoms with Crippen LogP contribution in [0.25, 0.3) is 0 Å². The van der Waals surface area contributed by atoms with Gasteiger partial charge in [0.2, 0.25) is 0 Å². The first-order valence-electron chi connectivity index (χ1n) is 8.46. The number of piperazine rings is 1. The van der Waals surface area contributed by atoms with Crippen molar-refractivity contribution in [1.82, 2.24) is 9.80 Å². The first-order valence-corrected chi connectivity index (χ1v) is 9.10. The maximum absolute atomic E-state index is 5.54. The van der Waals surface area contributed by atoms with E-state index in [1.807, 2.05) is 0 Å². The van der Waals surface area contributed by atoms with E-state index in [4.69, 9.17) is 4.74 Å². The highest BCUT2D eigenvalue weighted by molar-refractivity contribution is 7.80. The fourth-order valence-electron chi connectivity index (χ4n) is 4.20. The van der Waals surface area contributed by atoms with E-state index >= 15 is 0 Å². The summed E-state index contributed by atoms with van der Waals surface area (Å²) in [4.78, 5) is 5.44. The summed E-state index contributed by atoms with van der Waals surface area (Å²) in [6.07, 6.45) is 8.18. The molecule has 1 aliphatic carbocycles. The molecule has 2 aliphatic heterocycles. The van der Waals surface area contributed by atoms with Crippen LogP contribution >= 0.6 is 12.6 Å². The van der Waals surface area contributed by atoms with Gasteiger partial charge in [-0.3, -0.25) is 4.90 Å². The average molecular weight is 298 g/mol. The first-order chi connectivity index (χ1) is 9.81. The van der Waals surface area contributed by atoms with Crippen molar-refractivity contribution in [3.63, 3.8) is 0 Å². The zero-order chi connectivity index (χ0) is 13.8. The number of rotatable bonds is 4. The van der Waals surface area contributed by atoms with E-state index in [1.165, 1.54) is 71.2 Å². The highest BCUT2D eigenvalue weighted by Gasteiger charge is 2.35. The van der Waals surface area contributed by atoms with Gasteiger partial charge in [0.05, 0.1) is 0 Å². The van der Waals surface area contributed by atoms with E-state index in [-0.39, 0.29) is 0 Å². The largest absolute Gasteiger partial charge is 0.381 e. The highest BCUT2D eigenvalue weighted by atomic mass is 32.1. The molecule has 0 N–H and O–H groups in total. The normalized spacial score (nSPS) is 29.9. The van der Waals surface area contributed by atoms with E-state index in [2.05, 4.69) is 22.4 Å². The highest BCUT2D eigenvalue weighted by Crippen LogP contribution is 2.33. The maximum Gasteiger partial charge on any atom is 0.0472 e. The van der Waals surface area contributed by atoms with Crippen LogP contribution in [0.4, 0.5) is 0 Å². The van der Waals surface area contributed by atoms with Crippen molar-refractivity contribution in [2.45, 2.75) is 44.6 Å². The van der Waals surface area contributed by atoms with E-state index in [0.29, 0.717) is 5.41 Å². The van der Waals surface area contributed by atoms with Gasteiger partial charge in [0.15, 0.2) is 0 Å². The molecule has 3 fully saturated rings. The van der Waals surface area contributed by atoms with Gasteiger partial charge in [-0.15, -0.1) is 0 Å². The lowest BCUT2D eigenvalue weighted by Gasteiger charge is -2.44. The second-order valence-electron chi connectivity index (χ2n) is 7.02. The molecule has 0 atom stereocenters. The minimum Gasteiger partial charge on any atom is -0.381 e. The first kappa shape index (κ1) is 15.1. The molecule has 0 amide bonds. The van der Waals surface area contributed by atoms with Gasteiger partial charge in [-0.25, -0.2) is 0 Å². The molecule has 2 saturated heterocycles. The van der Waals surface area contributed by atoms with E-state index in [9.17, 15) is 0 Å². The minimum absolute atomic E-state index is 0.414. The van der Waals surface area contributed by atoms with Crippen LogP contribution in [0.1, 0.15) is 38.5 Å². The molecule has 0 aromatic carbocycles. The van der Waals surface area contributed by atoms with Crippen LogP contribution < -0.4 is 0 Å². The maximum atomic E-state index is 5.54. The van der Waals surface area contributed by atoms with Crippen molar-refractivity contribution in [2.75, 3.05) is 51.7 Å². The predicted molar refractivity (Wildman–Crippen MR) is 86.6 cm³/mol. The lowest BCUT2D eigenvalue weighted by molar-refractivity contribution is -0.00398. The second-order valence-corrected chi connectivity index (χ2v) is 7.34. The molecule has 0 aromatic heterocycles. The van der Waals surface area contributed by atoms with Gasteiger partial charge in [-0.05, 0) is 36.9 Å². The second kappa shape index (κ2) is 6.99. The molecule has 3 rings (SSSR count). The van der Waals surface area contributed by atoms with Crippen LogP contribution in [-0.2, 0) is 4.74 Å². The van der Waals surface area contributed by atoms with Crippen LogP contribution in [0.15, 0.2) is 0 Å². The van der Waals surface area contributed by atoms with Crippen LogP contribution in [0.2, 0.25) is 0 Å². The number of nitrogens with zero attached hydrogens (tertiary/aromatic N) is 2. The van der Waals surface area contributed by atoms with Crippen molar-refractivity contribution in [2.24, 2.45) is 5.41 Å². The quantitative estimate of drug-likeness (QED) is 0.802. The Labute approximate surface area is 129 Å². The molecule has 0 spiro atoms. The Morgan fingerprint density at radius 1 is 1.00 bits per heavy atom. The molecule has 0 radical (unpaired) electrons. The lowest BCUT2D eigenvalue weighted by Crippen LogP contribution is -2.53.